The molecule has 1 N–H and O–H groups in total. The number of hydrogen-bond donors (Lipinski definition) is 1. The summed E-state index contributed by atoms with van der Waals surface area (Å²) in [6.07, 6.45) is 0.665. The molecule has 6 nitrogen and oxygen atoms in total. The Labute approximate surface area is 129 Å². The van der Waals surface area contributed by atoms with Gasteiger partial charge in [-0.3, -0.25) is 4.79 Å². The highest BCUT2D eigenvalue weighted by Gasteiger charge is 2.16. The number of nitrogens with zero attached hydrogens (tertiary/aromatic N) is 1. The van der Waals surface area contributed by atoms with E-state index < -0.39 is 9.84 Å². The Morgan fingerprint density at radius 2 is 2.00 bits per heavy atom. The van der Waals surface area contributed by atoms with Crippen LogP contribution in [0.2, 0.25) is 0 Å². The first kappa shape index (κ1) is 16.2. The third-order valence-electron chi connectivity index (χ3n) is 3.13. The predicted molar refractivity (Wildman–Crippen MR) is 80.8 cm³/mol. The van der Waals surface area contributed by atoms with Crippen LogP contribution in [0.15, 0.2) is 45.8 Å². The lowest BCUT2D eigenvalue weighted by Gasteiger charge is -2.05. The zero-order valence-corrected chi connectivity index (χ0v) is 13.1. The standard InChI is InChI=1S/C15H18N2O4S/c1-2-12-10-13(21-17-12)11-16-15(18)8-9-22(19,20)14-6-4-3-5-7-14/h3-7,10H,2,8-9,11H2,1H3,(H,16,18). The molecule has 7 heteroatoms. The number of rotatable bonds is 7. The Bertz CT molecular complexity index is 723. The Morgan fingerprint density at radius 3 is 2.64 bits per heavy atom. The molecule has 0 unspecified atom stereocenters. The number of carbonyl (C=O) groups is 1. The summed E-state index contributed by atoms with van der Waals surface area (Å²) in [6.45, 7) is 2.16. The molecule has 22 heavy (non-hydrogen) atoms. The van der Waals surface area contributed by atoms with Gasteiger partial charge >= 0.3 is 0 Å². The average Bonchev–Trinajstić information content (AvgIpc) is 3.00. The molecule has 1 aromatic heterocycles. The summed E-state index contributed by atoms with van der Waals surface area (Å²) in [4.78, 5) is 12.0. The summed E-state index contributed by atoms with van der Waals surface area (Å²) in [5.74, 6) is -0.00973. The summed E-state index contributed by atoms with van der Waals surface area (Å²) < 4.78 is 29.1. The molecule has 0 saturated heterocycles. The van der Waals surface area contributed by atoms with E-state index in [1.807, 2.05) is 6.92 Å². The summed E-state index contributed by atoms with van der Waals surface area (Å²) in [5.41, 5.74) is 0.816. The van der Waals surface area contributed by atoms with E-state index in [4.69, 9.17) is 4.52 Å². The third kappa shape index (κ3) is 4.42. The van der Waals surface area contributed by atoms with Crippen molar-refractivity contribution in [1.82, 2.24) is 10.5 Å². The second kappa shape index (κ2) is 7.22. The van der Waals surface area contributed by atoms with Crippen LogP contribution in [0.3, 0.4) is 0 Å². The van der Waals surface area contributed by atoms with E-state index in [1.54, 1.807) is 24.3 Å². The minimum Gasteiger partial charge on any atom is -0.359 e. The summed E-state index contributed by atoms with van der Waals surface area (Å²) in [7, 11) is -3.43. The highest BCUT2D eigenvalue weighted by molar-refractivity contribution is 7.91. The van der Waals surface area contributed by atoms with Crippen LogP contribution in [0.1, 0.15) is 24.8 Å². The molecule has 0 radical (unpaired) electrons. The molecule has 118 valence electrons. The largest absolute Gasteiger partial charge is 0.359 e. The normalized spacial score (nSPS) is 11.3. The highest BCUT2D eigenvalue weighted by atomic mass is 32.2. The molecule has 1 amide bonds. The van der Waals surface area contributed by atoms with Gasteiger partial charge in [0, 0.05) is 12.5 Å². The minimum absolute atomic E-state index is 0.0913. The zero-order valence-electron chi connectivity index (χ0n) is 12.3. The van der Waals surface area contributed by atoms with E-state index in [-0.39, 0.29) is 29.5 Å². The number of amides is 1. The molecule has 2 rings (SSSR count). The van der Waals surface area contributed by atoms with E-state index in [0.29, 0.717) is 5.76 Å². The topological polar surface area (TPSA) is 89.3 Å². The van der Waals surface area contributed by atoms with E-state index in [9.17, 15) is 13.2 Å². The van der Waals surface area contributed by atoms with Crippen molar-refractivity contribution < 1.29 is 17.7 Å². The maximum Gasteiger partial charge on any atom is 0.221 e. The van der Waals surface area contributed by atoms with E-state index >= 15 is 0 Å². The molecule has 0 fully saturated rings. The number of benzene rings is 1. The molecule has 0 atom stereocenters. The lowest BCUT2D eigenvalue weighted by molar-refractivity contribution is -0.120. The Hall–Kier alpha value is -2.15. The number of hydrogen-bond acceptors (Lipinski definition) is 5. The molecule has 0 spiro atoms. The third-order valence-corrected chi connectivity index (χ3v) is 4.86. The molecule has 1 heterocycles. The smallest absolute Gasteiger partial charge is 0.221 e. The fourth-order valence-electron chi connectivity index (χ4n) is 1.85. The van der Waals surface area contributed by atoms with Crippen molar-refractivity contribution in [1.29, 1.82) is 0 Å². The molecule has 2 aromatic rings. The highest BCUT2D eigenvalue weighted by Crippen LogP contribution is 2.11. The van der Waals surface area contributed by atoms with Crippen LogP contribution in [-0.4, -0.2) is 25.2 Å². The van der Waals surface area contributed by atoms with Crippen molar-refractivity contribution in [3.05, 3.63) is 47.9 Å². The van der Waals surface area contributed by atoms with E-state index in [1.165, 1.54) is 12.1 Å². The van der Waals surface area contributed by atoms with Gasteiger partial charge in [0.15, 0.2) is 15.6 Å². The van der Waals surface area contributed by atoms with Crippen LogP contribution >= 0.6 is 0 Å². The maximum absolute atomic E-state index is 12.0. The lowest BCUT2D eigenvalue weighted by Crippen LogP contribution is -2.25. The Kier molecular flexibility index (Phi) is 5.32. The van der Waals surface area contributed by atoms with Gasteiger partial charge in [-0.15, -0.1) is 0 Å². The fraction of sp³-hybridized carbons (Fsp3) is 0.333. The van der Waals surface area contributed by atoms with Crippen LogP contribution in [0.5, 0.6) is 0 Å². The molecule has 0 bridgehead atoms. The van der Waals surface area contributed by atoms with Crippen LogP contribution in [0.25, 0.3) is 0 Å². The molecule has 1 aromatic carbocycles. The first-order chi connectivity index (χ1) is 10.5. The van der Waals surface area contributed by atoms with Gasteiger partial charge < -0.3 is 9.84 Å². The van der Waals surface area contributed by atoms with Gasteiger partial charge in [-0.25, -0.2) is 8.42 Å². The maximum atomic E-state index is 12.0. The van der Waals surface area contributed by atoms with Crippen LogP contribution in [0.4, 0.5) is 0 Å². The number of nitrogens with one attached hydrogen (secondary N) is 1. The van der Waals surface area contributed by atoms with Crippen LogP contribution in [-0.2, 0) is 27.6 Å². The molecule has 0 aliphatic heterocycles. The number of sulfone groups is 1. The first-order valence-corrected chi connectivity index (χ1v) is 8.65. The first-order valence-electron chi connectivity index (χ1n) is 7.00. The van der Waals surface area contributed by atoms with Crippen molar-refractivity contribution >= 4 is 15.7 Å². The van der Waals surface area contributed by atoms with Crippen LogP contribution < -0.4 is 5.32 Å². The van der Waals surface area contributed by atoms with Crippen molar-refractivity contribution in [3.63, 3.8) is 0 Å². The predicted octanol–water partition coefficient (Wildman–Crippen LogP) is 1.72. The average molecular weight is 322 g/mol. The molecular formula is C15H18N2O4S. The Balaban J connectivity index is 1.82. The second-order valence-electron chi connectivity index (χ2n) is 4.80. The summed E-state index contributed by atoms with van der Waals surface area (Å²) in [6, 6.07) is 9.86. The van der Waals surface area contributed by atoms with E-state index in [0.717, 1.165) is 12.1 Å². The molecule has 0 saturated carbocycles. The van der Waals surface area contributed by atoms with Crippen molar-refractivity contribution in [2.24, 2.45) is 0 Å². The van der Waals surface area contributed by atoms with Gasteiger partial charge in [0.05, 0.1) is 22.9 Å². The van der Waals surface area contributed by atoms with Gasteiger partial charge in [0.1, 0.15) is 0 Å². The summed E-state index contributed by atoms with van der Waals surface area (Å²) in [5, 5.41) is 6.44. The monoisotopic (exact) mass is 322 g/mol. The van der Waals surface area contributed by atoms with Crippen molar-refractivity contribution in [2.45, 2.75) is 31.2 Å². The van der Waals surface area contributed by atoms with Gasteiger partial charge in [-0.2, -0.15) is 0 Å². The number of carbonyl (C=O) groups excluding carboxylic acids is 1. The molecule has 0 aliphatic carbocycles. The Morgan fingerprint density at radius 1 is 1.27 bits per heavy atom. The lowest BCUT2D eigenvalue weighted by atomic mass is 10.3. The fourth-order valence-corrected chi connectivity index (χ4v) is 3.11. The molecular weight excluding hydrogens is 304 g/mol. The zero-order chi connectivity index (χ0) is 16.0. The van der Waals surface area contributed by atoms with Crippen LogP contribution in [0, 0.1) is 0 Å². The van der Waals surface area contributed by atoms with Gasteiger partial charge in [0.25, 0.3) is 0 Å². The SMILES string of the molecule is CCc1cc(CNC(=O)CCS(=O)(=O)c2ccccc2)on1. The quantitative estimate of drug-likeness (QED) is 0.838. The van der Waals surface area contributed by atoms with Gasteiger partial charge in [0.2, 0.25) is 5.91 Å². The number of aryl methyl sites for hydroxylation is 1. The van der Waals surface area contributed by atoms with Crippen molar-refractivity contribution in [3.8, 4) is 0 Å². The second-order valence-corrected chi connectivity index (χ2v) is 6.91. The minimum atomic E-state index is -3.43. The molecule has 0 aliphatic rings. The van der Waals surface area contributed by atoms with Gasteiger partial charge in [-0.05, 0) is 18.6 Å². The van der Waals surface area contributed by atoms with Gasteiger partial charge in [-0.1, -0.05) is 30.3 Å². The number of aromatic nitrogens is 1. The van der Waals surface area contributed by atoms with Crippen molar-refractivity contribution in [2.75, 3.05) is 5.75 Å². The summed E-state index contributed by atoms with van der Waals surface area (Å²) >= 11 is 0. The van der Waals surface area contributed by atoms with E-state index in [2.05, 4.69) is 10.5 Å².